The Hall–Kier alpha value is -3.02. The van der Waals surface area contributed by atoms with E-state index in [1.165, 1.54) is 0 Å². The number of para-hydroxylation sites is 1. The summed E-state index contributed by atoms with van der Waals surface area (Å²) in [7, 11) is 0. The van der Waals surface area contributed by atoms with Gasteiger partial charge in [-0.15, -0.1) is 0 Å². The van der Waals surface area contributed by atoms with Crippen LogP contribution in [0.3, 0.4) is 0 Å². The van der Waals surface area contributed by atoms with Crippen molar-refractivity contribution < 1.29 is 28.6 Å². The largest absolute Gasteiger partial charge is 0.492 e. The van der Waals surface area contributed by atoms with Crippen LogP contribution in [0.2, 0.25) is 5.02 Å². The molecule has 1 fully saturated rings. The summed E-state index contributed by atoms with van der Waals surface area (Å²) >= 11 is 9.02. The first kappa shape index (κ1) is 27.0. The quantitative estimate of drug-likeness (QED) is 0.111. The van der Waals surface area contributed by atoms with Gasteiger partial charge in [0.25, 0.3) is 11.1 Å². The van der Waals surface area contributed by atoms with Crippen molar-refractivity contribution in [2.45, 2.75) is 6.92 Å². The fourth-order valence-corrected chi connectivity index (χ4v) is 5.24. The number of amides is 2. The normalized spacial score (nSPS) is 14.2. The summed E-state index contributed by atoms with van der Waals surface area (Å²) in [6.45, 7) is 2.46. The molecule has 0 unspecified atom stereocenters. The van der Waals surface area contributed by atoms with E-state index in [2.05, 4.69) is 0 Å². The third-order valence-electron chi connectivity index (χ3n) is 5.12. The van der Waals surface area contributed by atoms with Crippen LogP contribution < -0.4 is 14.2 Å². The molecule has 0 bridgehead atoms. The number of carbonyl (C=O) groups is 3. The molecule has 0 N–H and O–H groups in total. The number of carbonyl (C=O) groups excluding carboxylic acids is 3. The Morgan fingerprint density at radius 3 is 2.51 bits per heavy atom. The summed E-state index contributed by atoms with van der Waals surface area (Å²) in [6, 6.07) is 19.2. The minimum absolute atomic E-state index is 0.134. The number of ether oxygens (including phenoxy) is 3. The summed E-state index contributed by atoms with van der Waals surface area (Å²) in [5, 5.41) is -0.0834. The molecule has 1 aliphatic rings. The van der Waals surface area contributed by atoms with Gasteiger partial charge in [0.1, 0.15) is 12.4 Å². The predicted octanol–water partition coefficient (Wildman–Crippen LogP) is 6.68. The fraction of sp³-hybridized carbons (Fsp3) is 0.148. The highest BCUT2D eigenvalue weighted by atomic mass is 127. The van der Waals surface area contributed by atoms with Gasteiger partial charge >= 0.3 is 5.97 Å². The molecule has 1 heterocycles. The van der Waals surface area contributed by atoms with E-state index < -0.39 is 11.9 Å². The molecule has 37 heavy (non-hydrogen) atoms. The standard InChI is InChI=1S/C27H21ClINO6S/c1-2-34-22-15-17(14-21(29)24(22)36-26(32)19-10-6-7-11-20(19)28)16-23-25(31)30(27(33)37-23)12-13-35-18-8-4-3-5-9-18/h3-11,14-16H,2,12-13H2,1H3/b23-16-. The van der Waals surface area contributed by atoms with Gasteiger partial charge in [-0.1, -0.05) is 41.9 Å². The van der Waals surface area contributed by atoms with Gasteiger partial charge in [-0.05, 0) is 89.3 Å². The number of benzene rings is 3. The van der Waals surface area contributed by atoms with E-state index in [0.717, 1.165) is 16.7 Å². The molecule has 0 aromatic heterocycles. The third-order valence-corrected chi connectivity index (χ3v) is 7.16. The lowest BCUT2D eigenvalue weighted by atomic mass is 10.1. The second-order valence-corrected chi connectivity index (χ2v) is 10.2. The Bertz CT molecular complexity index is 1360. The number of esters is 1. The average molecular weight is 650 g/mol. The van der Waals surface area contributed by atoms with E-state index in [-0.39, 0.29) is 39.6 Å². The lowest BCUT2D eigenvalue weighted by molar-refractivity contribution is -0.123. The molecule has 0 spiro atoms. The number of hydrogen-bond donors (Lipinski definition) is 0. The van der Waals surface area contributed by atoms with Crippen molar-refractivity contribution in [3.8, 4) is 17.2 Å². The second-order valence-electron chi connectivity index (χ2n) is 7.63. The maximum absolute atomic E-state index is 12.9. The first-order valence-electron chi connectivity index (χ1n) is 11.2. The number of rotatable bonds is 9. The molecule has 0 aliphatic carbocycles. The van der Waals surface area contributed by atoms with E-state index in [4.69, 9.17) is 25.8 Å². The number of nitrogens with zero attached hydrogens (tertiary/aromatic N) is 1. The van der Waals surface area contributed by atoms with E-state index in [0.29, 0.717) is 27.2 Å². The van der Waals surface area contributed by atoms with Crippen LogP contribution in [0.15, 0.2) is 71.6 Å². The molecular weight excluding hydrogens is 629 g/mol. The van der Waals surface area contributed by atoms with Crippen LogP contribution in [0.1, 0.15) is 22.8 Å². The fourth-order valence-electron chi connectivity index (χ4n) is 3.42. The molecule has 3 aromatic carbocycles. The highest BCUT2D eigenvalue weighted by Crippen LogP contribution is 2.38. The molecule has 0 radical (unpaired) electrons. The smallest absolute Gasteiger partial charge is 0.345 e. The lowest BCUT2D eigenvalue weighted by Gasteiger charge is -2.14. The van der Waals surface area contributed by atoms with Crippen molar-refractivity contribution in [2.24, 2.45) is 0 Å². The van der Waals surface area contributed by atoms with Crippen molar-refractivity contribution >= 4 is 69.1 Å². The molecule has 0 saturated carbocycles. The van der Waals surface area contributed by atoms with Crippen LogP contribution >= 0.6 is 46.0 Å². The molecule has 1 aliphatic heterocycles. The number of imide groups is 1. The molecule has 1 saturated heterocycles. The maximum atomic E-state index is 12.9. The molecule has 190 valence electrons. The molecule has 3 aromatic rings. The topological polar surface area (TPSA) is 82.1 Å². The zero-order valence-corrected chi connectivity index (χ0v) is 23.3. The van der Waals surface area contributed by atoms with E-state index >= 15 is 0 Å². The number of halogens is 2. The van der Waals surface area contributed by atoms with E-state index in [9.17, 15) is 14.4 Å². The van der Waals surface area contributed by atoms with Crippen LogP contribution in [-0.2, 0) is 4.79 Å². The van der Waals surface area contributed by atoms with Crippen LogP contribution in [-0.4, -0.2) is 41.8 Å². The highest BCUT2D eigenvalue weighted by Gasteiger charge is 2.35. The van der Waals surface area contributed by atoms with Gasteiger partial charge in [-0.2, -0.15) is 0 Å². The highest BCUT2D eigenvalue weighted by molar-refractivity contribution is 14.1. The number of thioether (sulfide) groups is 1. The van der Waals surface area contributed by atoms with E-state index in [1.54, 1.807) is 54.6 Å². The maximum Gasteiger partial charge on any atom is 0.345 e. The Morgan fingerprint density at radius 2 is 1.78 bits per heavy atom. The van der Waals surface area contributed by atoms with Crippen molar-refractivity contribution in [3.63, 3.8) is 0 Å². The SMILES string of the molecule is CCOc1cc(/C=C2\SC(=O)N(CCOc3ccccc3)C2=O)cc(I)c1OC(=O)c1ccccc1Cl. The molecule has 7 nitrogen and oxygen atoms in total. The molecule has 4 rings (SSSR count). The molecule has 0 atom stereocenters. The van der Waals surface area contributed by atoms with Crippen molar-refractivity contribution in [1.29, 1.82) is 0 Å². The van der Waals surface area contributed by atoms with Gasteiger partial charge in [-0.3, -0.25) is 14.5 Å². The molecule has 10 heteroatoms. The van der Waals surface area contributed by atoms with Crippen molar-refractivity contribution in [2.75, 3.05) is 19.8 Å². The summed E-state index contributed by atoms with van der Waals surface area (Å²) in [6.07, 6.45) is 1.62. The Morgan fingerprint density at radius 1 is 1.05 bits per heavy atom. The zero-order valence-electron chi connectivity index (χ0n) is 19.6. The minimum atomic E-state index is -0.615. The van der Waals surface area contributed by atoms with Gasteiger partial charge in [0, 0.05) is 0 Å². The van der Waals surface area contributed by atoms with Crippen LogP contribution in [0.5, 0.6) is 17.2 Å². The van der Waals surface area contributed by atoms with Gasteiger partial charge in [0.15, 0.2) is 11.5 Å². The second kappa shape index (κ2) is 12.5. The van der Waals surface area contributed by atoms with Gasteiger partial charge in [0.05, 0.1) is 32.2 Å². The Labute approximate surface area is 236 Å². The Kier molecular flexibility index (Phi) is 9.12. The summed E-state index contributed by atoms with van der Waals surface area (Å²) in [5.74, 6) is 0.232. The van der Waals surface area contributed by atoms with Gasteiger partial charge < -0.3 is 14.2 Å². The number of hydrogen-bond acceptors (Lipinski definition) is 7. The first-order valence-corrected chi connectivity index (χ1v) is 13.5. The summed E-state index contributed by atoms with van der Waals surface area (Å²) in [5.41, 5.74) is 0.854. The van der Waals surface area contributed by atoms with Crippen molar-refractivity contribution in [3.05, 3.63) is 91.4 Å². The minimum Gasteiger partial charge on any atom is -0.492 e. The van der Waals surface area contributed by atoms with E-state index in [1.807, 2.05) is 47.7 Å². The van der Waals surface area contributed by atoms with Crippen LogP contribution in [0.25, 0.3) is 6.08 Å². The van der Waals surface area contributed by atoms with Crippen molar-refractivity contribution in [1.82, 2.24) is 4.90 Å². The monoisotopic (exact) mass is 649 g/mol. The predicted molar refractivity (Wildman–Crippen MR) is 151 cm³/mol. The third kappa shape index (κ3) is 6.65. The summed E-state index contributed by atoms with van der Waals surface area (Å²) in [4.78, 5) is 39.5. The molecular formula is C27H21ClINO6S. The molecule has 2 amide bonds. The van der Waals surface area contributed by atoms with Crippen LogP contribution in [0, 0.1) is 3.57 Å². The first-order chi connectivity index (χ1) is 17.9. The summed E-state index contributed by atoms with van der Waals surface area (Å²) < 4.78 is 17.6. The zero-order chi connectivity index (χ0) is 26.4. The Balaban J connectivity index is 1.51. The van der Waals surface area contributed by atoms with Gasteiger partial charge in [-0.25, -0.2) is 4.79 Å². The average Bonchev–Trinajstić information content (AvgIpc) is 3.14. The van der Waals surface area contributed by atoms with Crippen LogP contribution in [0.4, 0.5) is 4.79 Å². The van der Waals surface area contributed by atoms with Gasteiger partial charge in [0.2, 0.25) is 0 Å². The lowest BCUT2D eigenvalue weighted by Crippen LogP contribution is -2.32.